The van der Waals surface area contributed by atoms with Crippen molar-refractivity contribution < 1.29 is 17.9 Å². The standard InChI is InChI=1S/C22H21ClN2O4S/c1-25(15-16-3-7-18(23)8-4-16)22(26)17-5-13-21(14-6-17)30(27,28)24-19-9-11-20(29-2)12-10-19/h3-14,24H,15H2,1-2H3. The van der Waals surface area contributed by atoms with E-state index in [1.54, 1.807) is 48.3 Å². The molecule has 0 saturated heterocycles. The largest absolute Gasteiger partial charge is 0.497 e. The van der Waals surface area contributed by atoms with Crippen LogP contribution in [0.4, 0.5) is 5.69 Å². The maximum Gasteiger partial charge on any atom is 0.261 e. The number of rotatable bonds is 7. The lowest BCUT2D eigenvalue weighted by molar-refractivity contribution is 0.0785. The van der Waals surface area contributed by atoms with Crippen molar-refractivity contribution in [3.05, 3.63) is 88.9 Å². The predicted molar refractivity (Wildman–Crippen MR) is 117 cm³/mol. The molecule has 156 valence electrons. The highest BCUT2D eigenvalue weighted by molar-refractivity contribution is 7.92. The van der Waals surface area contributed by atoms with Gasteiger partial charge in [-0.1, -0.05) is 23.7 Å². The van der Waals surface area contributed by atoms with E-state index in [0.29, 0.717) is 28.6 Å². The Bertz CT molecular complexity index is 1110. The fraction of sp³-hybridized carbons (Fsp3) is 0.136. The van der Waals surface area contributed by atoms with Crippen LogP contribution in [-0.2, 0) is 16.6 Å². The van der Waals surface area contributed by atoms with Gasteiger partial charge in [0.25, 0.3) is 15.9 Å². The summed E-state index contributed by atoms with van der Waals surface area (Å²) < 4.78 is 32.8. The molecule has 0 aromatic heterocycles. The van der Waals surface area contributed by atoms with E-state index in [0.717, 1.165) is 5.56 Å². The summed E-state index contributed by atoms with van der Waals surface area (Å²) in [5, 5.41) is 0.632. The van der Waals surface area contributed by atoms with Gasteiger partial charge in [-0.2, -0.15) is 0 Å². The molecular weight excluding hydrogens is 424 g/mol. The maximum atomic E-state index is 12.7. The van der Waals surface area contributed by atoms with Gasteiger partial charge in [0.2, 0.25) is 0 Å². The van der Waals surface area contributed by atoms with E-state index >= 15 is 0 Å². The number of hydrogen-bond donors (Lipinski definition) is 1. The third kappa shape index (κ3) is 5.31. The lowest BCUT2D eigenvalue weighted by Gasteiger charge is -2.17. The Morgan fingerprint density at radius 3 is 2.13 bits per heavy atom. The Morgan fingerprint density at radius 2 is 1.57 bits per heavy atom. The molecule has 8 heteroatoms. The van der Waals surface area contributed by atoms with Gasteiger partial charge in [-0.3, -0.25) is 9.52 Å². The van der Waals surface area contributed by atoms with Crippen molar-refractivity contribution in [3.8, 4) is 5.75 Å². The number of nitrogens with one attached hydrogen (secondary N) is 1. The molecule has 6 nitrogen and oxygen atoms in total. The monoisotopic (exact) mass is 444 g/mol. The van der Waals surface area contributed by atoms with Gasteiger partial charge < -0.3 is 9.64 Å². The molecule has 0 atom stereocenters. The normalized spacial score (nSPS) is 11.0. The Labute approximate surface area is 181 Å². The molecule has 3 rings (SSSR count). The molecule has 0 aliphatic heterocycles. The summed E-state index contributed by atoms with van der Waals surface area (Å²) in [5.41, 5.74) is 1.76. The number of halogens is 1. The first-order valence-corrected chi connectivity index (χ1v) is 10.9. The molecule has 30 heavy (non-hydrogen) atoms. The molecule has 0 bridgehead atoms. The predicted octanol–water partition coefficient (Wildman–Crippen LogP) is 4.42. The summed E-state index contributed by atoms with van der Waals surface area (Å²) >= 11 is 5.88. The fourth-order valence-corrected chi connectivity index (χ4v) is 3.99. The maximum absolute atomic E-state index is 12.7. The molecular formula is C22H21ClN2O4S. The minimum absolute atomic E-state index is 0.0650. The summed E-state index contributed by atoms with van der Waals surface area (Å²) in [7, 11) is -0.553. The summed E-state index contributed by atoms with van der Waals surface area (Å²) in [6.07, 6.45) is 0. The topological polar surface area (TPSA) is 75.7 Å². The zero-order valence-corrected chi connectivity index (χ0v) is 18.1. The van der Waals surface area contributed by atoms with Gasteiger partial charge in [0.1, 0.15) is 5.75 Å². The summed E-state index contributed by atoms with van der Waals surface area (Å²) in [5.74, 6) is 0.417. The van der Waals surface area contributed by atoms with Crippen LogP contribution in [0.2, 0.25) is 5.02 Å². The first-order valence-electron chi connectivity index (χ1n) is 9.05. The number of methoxy groups -OCH3 is 1. The highest BCUT2D eigenvalue weighted by atomic mass is 35.5. The van der Waals surface area contributed by atoms with Crippen LogP contribution in [0.15, 0.2) is 77.7 Å². The molecule has 1 N–H and O–H groups in total. The Kier molecular flexibility index (Phi) is 6.64. The van der Waals surface area contributed by atoms with Crippen LogP contribution in [0, 0.1) is 0 Å². The minimum Gasteiger partial charge on any atom is -0.497 e. The summed E-state index contributed by atoms with van der Waals surface area (Å²) in [6, 6.07) is 19.6. The van der Waals surface area contributed by atoms with E-state index in [1.807, 2.05) is 12.1 Å². The van der Waals surface area contributed by atoms with Gasteiger partial charge in [-0.15, -0.1) is 0 Å². The van der Waals surface area contributed by atoms with E-state index in [-0.39, 0.29) is 10.8 Å². The van der Waals surface area contributed by atoms with E-state index in [4.69, 9.17) is 16.3 Å². The van der Waals surface area contributed by atoms with Crippen molar-refractivity contribution in [1.82, 2.24) is 4.90 Å². The number of anilines is 1. The molecule has 0 unspecified atom stereocenters. The van der Waals surface area contributed by atoms with Crippen LogP contribution in [0.3, 0.4) is 0 Å². The first kappa shape index (κ1) is 21.7. The van der Waals surface area contributed by atoms with E-state index in [1.165, 1.54) is 31.4 Å². The summed E-state index contributed by atoms with van der Waals surface area (Å²) in [4.78, 5) is 14.3. The lowest BCUT2D eigenvalue weighted by atomic mass is 10.1. The number of amides is 1. The zero-order chi connectivity index (χ0) is 21.7. The van der Waals surface area contributed by atoms with Gasteiger partial charge in [0.05, 0.1) is 12.0 Å². The van der Waals surface area contributed by atoms with Crippen LogP contribution >= 0.6 is 11.6 Å². The molecule has 0 aliphatic rings. The van der Waals surface area contributed by atoms with Crippen LogP contribution in [0.1, 0.15) is 15.9 Å². The van der Waals surface area contributed by atoms with Gasteiger partial charge >= 0.3 is 0 Å². The molecule has 0 fully saturated rings. The zero-order valence-electron chi connectivity index (χ0n) is 16.5. The molecule has 1 amide bonds. The van der Waals surface area contributed by atoms with Gasteiger partial charge in [0.15, 0.2) is 0 Å². The summed E-state index contributed by atoms with van der Waals surface area (Å²) in [6.45, 7) is 0.412. The molecule has 0 aliphatic carbocycles. The fourth-order valence-electron chi connectivity index (χ4n) is 2.81. The second-order valence-electron chi connectivity index (χ2n) is 6.65. The number of nitrogens with zero attached hydrogens (tertiary/aromatic N) is 1. The number of carbonyl (C=O) groups excluding carboxylic acids is 1. The van der Waals surface area contributed by atoms with Gasteiger partial charge in [-0.25, -0.2) is 8.42 Å². The van der Waals surface area contributed by atoms with Crippen LogP contribution in [0.25, 0.3) is 0 Å². The number of ether oxygens (including phenoxy) is 1. The number of benzene rings is 3. The smallest absolute Gasteiger partial charge is 0.261 e. The Morgan fingerprint density at radius 1 is 0.967 bits per heavy atom. The van der Waals surface area contributed by atoms with Crippen molar-refractivity contribution in [1.29, 1.82) is 0 Å². The molecule has 3 aromatic carbocycles. The average Bonchev–Trinajstić information content (AvgIpc) is 2.75. The molecule has 0 heterocycles. The van der Waals surface area contributed by atoms with Crippen LogP contribution in [0.5, 0.6) is 5.75 Å². The van der Waals surface area contributed by atoms with Crippen LogP contribution < -0.4 is 9.46 Å². The molecule has 0 saturated carbocycles. The Balaban J connectivity index is 1.69. The Hall–Kier alpha value is -3.03. The minimum atomic E-state index is -3.78. The van der Waals surface area contributed by atoms with E-state index < -0.39 is 10.0 Å². The van der Waals surface area contributed by atoms with E-state index in [2.05, 4.69) is 4.72 Å². The highest BCUT2D eigenvalue weighted by Crippen LogP contribution is 2.20. The molecule has 0 radical (unpaired) electrons. The van der Waals surface area contributed by atoms with Crippen molar-refractivity contribution in [2.45, 2.75) is 11.4 Å². The van der Waals surface area contributed by atoms with Crippen molar-refractivity contribution in [2.24, 2.45) is 0 Å². The van der Waals surface area contributed by atoms with Crippen molar-refractivity contribution >= 4 is 33.2 Å². The molecule has 3 aromatic rings. The first-order chi connectivity index (χ1) is 14.3. The van der Waals surface area contributed by atoms with E-state index in [9.17, 15) is 13.2 Å². The number of carbonyl (C=O) groups is 1. The highest BCUT2D eigenvalue weighted by Gasteiger charge is 2.17. The number of sulfonamides is 1. The van der Waals surface area contributed by atoms with Gasteiger partial charge in [-0.05, 0) is 66.2 Å². The number of hydrogen-bond acceptors (Lipinski definition) is 4. The van der Waals surface area contributed by atoms with Crippen molar-refractivity contribution in [3.63, 3.8) is 0 Å². The van der Waals surface area contributed by atoms with Crippen LogP contribution in [-0.4, -0.2) is 33.4 Å². The molecule has 0 spiro atoms. The lowest BCUT2D eigenvalue weighted by Crippen LogP contribution is -2.26. The SMILES string of the molecule is COc1ccc(NS(=O)(=O)c2ccc(C(=O)N(C)Cc3ccc(Cl)cc3)cc2)cc1. The third-order valence-electron chi connectivity index (χ3n) is 4.43. The quantitative estimate of drug-likeness (QED) is 0.585. The third-order valence-corrected chi connectivity index (χ3v) is 6.08. The average molecular weight is 445 g/mol. The van der Waals surface area contributed by atoms with Crippen molar-refractivity contribution in [2.75, 3.05) is 18.9 Å². The second-order valence-corrected chi connectivity index (χ2v) is 8.76. The van der Waals surface area contributed by atoms with Gasteiger partial charge in [0, 0.05) is 29.9 Å². The second kappa shape index (κ2) is 9.19.